The summed E-state index contributed by atoms with van der Waals surface area (Å²) in [7, 11) is 0. The monoisotopic (exact) mass is 511 g/mol. The molecule has 2 aliphatic heterocycles. The van der Waals surface area contributed by atoms with Crippen LogP contribution in [0.3, 0.4) is 0 Å². The van der Waals surface area contributed by atoms with Crippen molar-refractivity contribution in [1.29, 1.82) is 0 Å². The first-order valence-electron chi connectivity index (χ1n) is 12.8. The number of benzene rings is 2. The second kappa shape index (κ2) is 8.73. The number of nitrogens with one attached hydrogen (secondary N) is 3. The molecular formula is C29H27F2N7. The highest BCUT2D eigenvalue weighted by molar-refractivity contribution is 5.69. The second-order valence-corrected chi connectivity index (χ2v) is 10.4. The lowest BCUT2D eigenvalue weighted by Crippen LogP contribution is -2.39. The molecule has 1 fully saturated rings. The van der Waals surface area contributed by atoms with E-state index in [4.69, 9.17) is 9.97 Å². The maximum Gasteiger partial charge on any atom is 0.249 e. The Labute approximate surface area is 219 Å². The average Bonchev–Trinajstić information content (AvgIpc) is 3.67. The third kappa shape index (κ3) is 4.12. The quantitative estimate of drug-likeness (QED) is 0.306. The van der Waals surface area contributed by atoms with Crippen molar-refractivity contribution < 1.29 is 8.78 Å². The first-order chi connectivity index (χ1) is 18.4. The lowest BCUT2D eigenvalue weighted by Gasteiger charge is -2.39. The SMILES string of the molecule is C=C(C1CC(F)(F)C1)N1Cc2ccc(-c3nc4c(c(Nc5ccc(-c6cn[nH]c6)cc5)n3)CNC4)cc2C1. The van der Waals surface area contributed by atoms with Gasteiger partial charge in [-0.15, -0.1) is 0 Å². The molecule has 0 unspecified atom stereocenters. The number of H-pyrrole nitrogens is 1. The van der Waals surface area contributed by atoms with Crippen molar-refractivity contribution in [2.24, 2.45) is 5.92 Å². The van der Waals surface area contributed by atoms with Gasteiger partial charge >= 0.3 is 0 Å². The molecule has 7 rings (SSSR count). The molecule has 38 heavy (non-hydrogen) atoms. The zero-order chi connectivity index (χ0) is 25.9. The van der Waals surface area contributed by atoms with Crippen molar-refractivity contribution in [2.45, 2.75) is 44.9 Å². The molecule has 3 aliphatic rings. The van der Waals surface area contributed by atoms with Crippen LogP contribution in [-0.4, -0.2) is 31.0 Å². The van der Waals surface area contributed by atoms with Crippen molar-refractivity contribution in [1.82, 2.24) is 30.4 Å². The normalized spacial score (nSPS) is 17.7. The Kier molecular flexibility index (Phi) is 5.29. The third-order valence-electron chi connectivity index (χ3n) is 7.82. The number of aromatic nitrogens is 4. The summed E-state index contributed by atoms with van der Waals surface area (Å²) in [5.41, 5.74) is 9.26. The molecular weight excluding hydrogens is 484 g/mol. The number of alkyl halides is 2. The molecule has 4 aromatic rings. The van der Waals surface area contributed by atoms with Gasteiger partial charge in [0.1, 0.15) is 5.82 Å². The van der Waals surface area contributed by atoms with Crippen LogP contribution in [0.15, 0.2) is 67.1 Å². The molecule has 3 N–H and O–H groups in total. The second-order valence-electron chi connectivity index (χ2n) is 10.4. The maximum atomic E-state index is 13.4. The van der Waals surface area contributed by atoms with Gasteiger partial charge in [0, 0.05) is 79.2 Å². The van der Waals surface area contributed by atoms with Gasteiger partial charge in [0.25, 0.3) is 0 Å². The van der Waals surface area contributed by atoms with E-state index < -0.39 is 5.92 Å². The first kappa shape index (κ1) is 23.0. The van der Waals surface area contributed by atoms with Crippen LogP contribution in [0, 0.1) is 5.92 Å². The molecule has 0 radical (unpaired) electrons. The molecule has 0 saturated heterocycles. The first-order valence-corrected chi connectivity index (χ1v) is 12.8. The van der Waals surface area contributed by atoms with Crippen LogP contribution >= 0.6 is 0 Å². The van der Waals surface area contributed by atoms with Gasteiger partial charge in [0.15, 0.2) is 5.82 Å². The smallest absolute Gasteiger partial charge is 0.249 e. The Hall–Kier alpha value is -4.11. The summed E-state index contributed by atoms with van der Waals surface area (Å²) in [5.74, 6) is -1.20. The summed E-state index contributed by atoms with van der Waals surface area (Å²) in [6.45, 7) is 6.93. The van der Waals surface area contributed by atoms with E-state index in [-0.39, 0.29) is 18.8 Å². The zero-order valence-corrected chi connectivity index (χ0v) is 20.8. The van der Waals surface area contributed by atoms with Crippen molar-refractivity contribution in [2.75, 3.05) is 5.32 Å². The number of hydrogen-bond acceptors (Lipinski definition) is 6. The summed E-state index contributed by atoms with van der Waals surface area (Å²) in [6, 6.07) is 14.5. The number of nitrogens with zero attached hydrogens (tertiary/aromatic N) is 4. The van der Waals surface area contributed by atoms with Gasteiger partial charge in [-0.2, -0.15) is 5.10 Å². The highest BCUT2D eigenvalue weighted by Crippen LogP contribution is 2.47. The van der Waals surface area contributed by atoms with Crippen molar-refractivity contribution in [3.05, 3.63) is 89.5 Å². The van der Waals surface area contributed by atoms with E-state index in [1.807, 2.05) is 18.3 Å². The lowest BCUT2D eigenvalue weighted by molar-refractivity contribution is -0.105. The molecule has 192 valence electrons. The summed E-state index contributed by atoms with van der Waals surface area (Å²) in [6.07, 6.45) is 3.48. The van der Waals surface area contributed by atoms with E-state index in [0.29, 0.717) is 32.0 Å². The Morgan fingerprint density at radius 2 is 1.76 bits per heavy atom. The molecule has 1 saturated carbocycles. The number of allylic oxidation sites excluding steroid dienone is 1. The standard InChI is InChI=1S/C29H27F2N7/c1-17(22-9-29(30,31)10-22)38-15-20-3-2-19(8-21(20)16-38)27-36-26-14-32-13-25(26)28(37-27)35-24-6-4-18(5-7-24)23-11-33-34-12-23/h2-8,11-12,22,32H,1,9-10,13-16H2,(H,33,34)(H,35,36,37). The molecule has 0 amide bonds. The van der Waals surface area contributed by atoms with E-state index >= 15 is 0 Å². The molecule has 7 nitrogen and oxygen atoms in total. The third-order valence-corrected chi connectivity index (χ3v) is 7.82. The molecule has 1 aliphatic carbocycles. The van der Waals surface area contributed by atoms with Gasteiger partial charge in [-0.1, -0.05) is 30.8 Å². The van der Waals surface area contributed by atoms with E-state index in [2.05, 4.69) is 62.6 Å². The number of fused-ring (bicyclic) bond motifs is 2. The Morgan fingerprint density at radius 1 is 0.974 bits per heavy atom. The van der Waals surface area contributed by atoms with Crippen LogP contribution in [0.1, 0.15) is 35.2 Å². The van der Waals surface area contributed by atoms with Crippen molar-refractivity contribution in [3.63, 3.8) is 0 Å². The topological polar surface area (TPSA) is 81.8 Å². The highest BCUT2D eigenvalue weighted by atomic mass is 19.3. The molecule has 2 aromatic heterocycles. The molecule has 0 bridgehead atoms. The van der Waals surface area contributed by atoms with Gasteiger partial charge in [0.2, 0.25) is 5.92 Å². The molecule has 0 atom stereocenters. The predicted molar refractivity (Wildman–Crippen MR) is 141 cm³/mol. The maximum absolute atomic E-state index is 13.4. The minimum atomic E-state index is -2.54. The number of halogens is 2. The van der Waals surface area contributed by atoms with Gasteiger partial charge in [-0.3, -0.25) is 5.10 Å². The van der Waals surface area contributed by atoms with Crippen LogP contribution in [-0.2, 0) is 26.2 Å². The minimum Gasteiger partial charge on any atom is -0.366 e. The number of hydrogen-bond donors (Lipinski definition) is 3. The van der Waals surface area contributed by atoms with Crippen LogP contribution in [0.4, 0.5) is 20.3 Å². The number of aromatic amines is 1. The Bertz CT molecular complexity index is 1520. The Morgan fingerprint density at radius 3 is 2.53 bits per heavy atom. The van der Waals surface area contributed by atoms with E-state index in [1.54, 1.807) is 6.20 Å². The molecule has 9 heteroatoms. The van der Waals surface area contributed by atoms with Crippen LogP contribution in [0.2, 0.25) is 0 Å². The van der Waals surface area contributed by atoms with E-state index in [9.17, 15) is 8.78 Å². The van der Waals surface area contributed by atoms with Crippen LogP contribution in [0.25, 0.3) is 22.5 Å². The lowest BCUT2D eigenvalue weighted by atomic mass is 9.79. The minimum absolute atomic E-state index is 0.0945. The highest BCUT2D eigenvalue weighted by Gasteiger charge is 2.47. The van der Waals surface area contributed by atoms with Crippen LogP contribution in [0.5, 0.6) is 0 Å². The summed E-state index contributed by atoms with van der Waals surface area (Å²) >= 11 is 0. The van der Waals surface area contributed by atoms with E-state index in [1.165, 1.54) is 11.1 Å². The summed E-state index contributed by atoms with van der Waals surface area (Å²) in [4.78, 5) is 11.9. The van der Waals surface area contributed by atoms with Gasteiger partial charge in [-0.05, 0) is 34.9 Å². The summed E-state index contributed by atoms with van der Waals surface area (Å²) < 4.78 is 26.8. The molecule has 2 aromatic carbocycles. The average molecular weight is 512 g/mol. The number of anilines is 2. The van der Waals surface area contributed by atoms with Gasteiger partial charge in [-0.25, -0.2) is 18.7 Å². The molecule has 0 spiro atoms. The fraction of sp³-hybridized carbons (Fsp3) is 0.276. The summed E-state index contributed by atoms with van der Waals surface area (Å²) in [5, 5.41) is 13.7. The van der Waals surface area contributed by atoms with Gasteiger partial charge in [0.05, 0.1) is 11.9 Å². The van der Waals surface area contributed by atoms with E-state index in [0.717, 1.165) is 45.2 Å². The van der Waals surface area contributed by atoms with Crippen LogP contribution < -0.4 is 10.6 Å². The fourth-order valence-corrected chi connectivity index (χ4v) is 5.58. The zero-order valence-electron chi connectivity index (χ0n) is 20.8. The van der Waals surface area contributed by atoms with Crippen molar-refractivity contribution in [3.8, 4) is 22.5 Å². The largest absolute Gasteiger partial charge is 0.366 e. The Balaban J connectivity index is 1.13. The number of rotatable bonds is 6. The fourth-order valence-electron chi connectivity index (χ4n) is 5.58. The molecule has 4 heterocycles. The van der Waals surface area contributed by atoms with Gasteiger partial charge < -0.3 is 15.5 Å². The van der Waals surface area contributed by atoms with Crippen molar-refractivity contribution >= 4 is 11.5 Å². The predicted octanol–water partition coefficient (Wildman–Crippen LogP) is 5.76.